The fourth-order valence-electron chi connectivity index (χ4n) is 2.34. The zero-order valence-electron chi connectivity index (χ0n) is 11.4. The summed E-state index contributed by atoms with van der Waals surface area (Å²) >= 11 is 0. The smallest absolute Gasteiger partial charge is 0.245 e. The number of rotatable bonds is 5. The topological polar surface area (TPSA) is 49.4 Å². The largest absolute Gasteiger partial charge is 0.384 e. The molecule has 0 spiro atoms. The third-order valence-corrected chi connectivity index (χ3v) is 5.34. The first-order valence-electron chi connectivity index (χ1n) is 6.99. The van der Waals surface area contributed by atoms with Crippen LogP contribution in [0, 0.1) is 0 Å². The number of piperidine rings is 1. The Bertz CT molecular complexity index is 508. The van der Waals surface area contributed by atoms with E-state index in [2.05, 4.69) is 12.2 Å². The summed E-state index contributed by atoms with van der Waals surface area (Å²) in [5, 5.41) is 3.20. The molecule has 5 heteroatoms. The minimum Gasteiger partial charge on any atom is -0.384 e. The number of benzene rings is 1. The molecule has 0 aliphatic carbocycles. The molecule has 0 saturated carbocycles. The van der Waals surface area contributed by atoms with Gasteiger partial charge in [0.05, 0.1) is 5.69 Å². The summed E-state index contributed by atoms with van der Waals surface area (Å²) in [5.74, 6) is 0. The standard InChI is InChI=1S/C14H22N2O2S/c1-2-10-15-13-8-4-5-9-14(13)19(17,18)16-11-6-3-7-12-16/h4-5,8-9,15H,2-3,6-7,10-12H2,1H3. The zero-order chi connectivity index (χ0) is 13.7. The second kappa shape index (κ2) is 6.39. The van der Waals surface area contributed by atoms with Gasteiger partial charge in [-0.25, -0.2) is 8.42 Å². The number of hydrogen-bond donors (Lipinski definition) is 1. The van der Waals surface area contributed by atoms with Crippen LogP contribution in [0.4, 0.5) is 5.69 Å². The minimum atomic E-state index is -3.35. The van der Waals surface area contributed by atoms with Crippen LogP contribution in [0.15, 0.2) is 29.2 Å². The van der Waals surface area contributed by atoms with E-state index in [1.807, 2.05) is 12.1 Å². The van der Waals surface area contributed by atoms with Crippen molar-refractivity contribution in [2.45, 2.75) is 37.5 Å². The molecule has 4 nitrogen and oxygen atoms in total. The van der Waals surface area contributed by atoms with Gasteiger partial charge < -0.3 is 5.32 Å². The number of hydrogen-bond acceptors (Lipinski definition) is 3. The lowest BCUT2D eigenvalue weighted by Crippen LogP contribution is -2.35. The number of para-hydroxylation sites is 1. The Hall–Kier alpha value is -1.07. The molecule has 0 atom stereocenters. The Morgan fingerprint density at radius 2 is 1.84 bits per heavy atom. The van der Waals surface area contributed by atoms with Crippen LogP contribution in [0.1, 0.15) is 32.6 Å². The molecule has 106 valence electrons. The SMILES string of the molecule is CCCNc1ccccc1S(=O)(=O)N1CCCCC1. The van der Waals surface area contributed by atoms with Gasteiger partial charge in [0, 0.05) is 19.6 Å². The highest BCUT2D eigenvalue weighted by Crippen LogP contribution is 2.26. The average Bonchev–Trinajstić information content (AvgIpc) is 2.46. The molecule has 1 aromatic rings. The summed E-state index contributed by atoms with van der Waals surface area (Å²) in [6, 6.07) is 7.19. The van der Waals surface area contributed by atoms with Crippen LogP contribution in [0.2, 0.25) is 0 Å². The Morgan fingerprint density at radius 3 is 2.53 bits per heavy atom. The van der Waals surface area contributed by atoms with Gasteiger partial charge in [0.2, 0.25) is 10.0 Å². The highest BCUT2D eigenvalue weighted by molar-refractivity contribution is 7.89. The fraction of sp³-hybridized carbons (Fsp3) is 0.571. The van der Waals surface area contributed by atoms with Crippen molar-refractivity contribution in [3.63, 3.8) is 0 Å². The summed E-state index contributed by atoms with van der Waals surface area (Å²) in [6.07, 6.45) is 4.02. The quantitative estimate of drug-likeness (QED) is 0.903. The lowest BCUT2D eigenvalue weighted by atomic mass is 10.2. The lowest BCUT2D eigenvalue weighted by molar-refractivity contribution is 0.347. The van der Waals surface area contributed by atoms with Crippen molar-refractivity contribution >= 4 is 15.7 Å². The number of sulfonamides is 1. The third kappa shape index (κ3) is 3.28. The molecule has 0 unspecified atom stereocenters. The van der Waals surface area contributed by atoms with E-state index in [-0.39, 0.29) is 0 Å². The van der Waals surface area contributed by atoms with Crippen LogP contribution in [0.25, 0.3) is 0 Å². The summed E-state index contributed by atoms with van der Waals surface area (Å²) < 4.78 is 26.9. The van der Waals surface area contributed by atoms with Crippen LogP contribution >= 0.6 is 0 Å². The Labute approximate surface area is 115 Å². The van der Waals surface area contributed by atoms with Crippen LogP contribution in [0.5, 0.6) is 0 Å². The first kappa shape index (κ1) is 14.3. The first-order valence-corrected chi connectivity index (χ1v) is 8.43. The van der Waals surface area contributed by atoms with E-state index < -0.39 is 10.0 Å². The van der Waals surface area contributed by atoms with Crippen LogP contribution < -0.4 is 5.32 Å². The predicted octanol–water partition coefficient (Wildman–Crippen LogP) is 2.68. The van der Waals surface area contributed by atoms with Gasteiger partial charge in [0.25, 0.3) is 0 Å². The van der Waals surface area contributed by atoms with E-state index in [1.165, 1.54) is 0 Å². The first-order chi connectivity index (χ1) is 9.16. The number of nitrogens with zero attached hydrogens (tertiary/aromatic N) is 1. The predicted molar refractivity (Wildman–Crippen MR) is 77.8 cm³/mol. The third-order valence-electron chi connectivity index (χ3n) is 3.39. The van der Waals surface area contributed by atoms with E-state index in [0.717, 1.165) is 37.9 Å². The molecule has 1 aromatic carbocycles. The molecule has 1 aliphatic heterocycles. The van der Waals surface area contributed by atoms with Gasteiger partial charge in [-0.2, -0.15) is 4.31 Å². The number of nitrogens with one attached hydrogen (secondary N) is 1. The fourth-order valence-corrected chi connectivity index (χ4v) is 4.03. The Balaban J connectivity index is 2.28. The van der Waals surface area contributed by atoms with Crippen molar-refractivity contribution < 1.29 is 8.42 Å². The second-order valence-corrected chi connectivity index (χ2v) is 6.79. The molecule has 0 amide bonds. The maximum Gasteiger partial charge on any atom is 0.245 e. The zero-order valence-corrected chi connectivity index (χ0v) is 12.2. The molecular weight excluding hydrogens is 260 g/mol. The van der Waals surface area contributed by atoms with E-state index in [9.17, 15) is 8.42 Å². The molecule has 1 saturated heterocycles. The lowest BCUT2D eigenvalue weighted by Gasteiger charge is -2.26. The van der Waals surface area contributed by atoms with Crippen LogP contribution in [-0.4, -0.2) is 32.4 Å². The molecule has 1 aliphatic rings. The molecule has 1 fully saturated rings. The van der Waals surface area contributed by atoms with E-state index >= 15 is 0 Å². The molecular formula is C14H22N2O2S. The van der Waals surface area contributed by atoms with Gasteiger partial charge in [0.15, 0.2) is 0 Å². The maximum atomic E-state index is 12.7. The minimum absolute atomic E-state index is 0.408. The van der Waals surface area contributed by atoms with Crippen molar-refractivity contribution in [1.29, 1.82) is 0 Å². The van der Waals surface area contributed by atoms with Crippen molar-refractivity contribution in [2.75, 3.05) is 25.0 Å². The van der Waals surface area contributed by atoms with E-state index in [1.54, 1.807) is 16.4 Å². The van der Waals surface area contributed by atoms with Crippen LogP contribution in [0.3, 0.4) is 0 Å². The molecule has 0 radical (unpaired) electrons. The van der Waals surface area contributed by atoms with Crippen molar-refractivity contribution in [1.82, 2.24) is 4.31 Å². The second-order valence-electron chi connectivity index (χ2n) is 4.89. The molecule has 0 bridgehead atoms. The van der Waals surface area contributed by atoms with Gasteiger partial charge in [-0.1, -0.05) is 25.5 Å². The maximum absolute atomic E-state index is 12.7. The van der Waals surface area contributed by atoms with E-state index in [0.29, 0.717) is 18.0 Å². The molecule has 2 rings (SSSR count). The van der Waals surface area contributed by atoms with Crippen molar-refractivity contribution in [2.24, 2.45) is 0 Å². The summed E-state index contributed by atoms with van der Waals surface area (Å²) in [5.41, 5.74) is 0.718. The molecule has 0 aromatic heterocycles. The van der Waals surface area contributed by atoms with Gasteiger partial charge in [-0.05, 0) is 31.4 Å². The normalized spacial score (nSPS) is 17.3. The summed E-state index contributed by atoms with van der Waals surface area (Å²) in [4.78, 5) is 0.408. The molecule has 19 heavy (non-hydrogen) atoms. The summed E-state index contributed by atoms with van der Waals surface area (Å²) in [6.45, 7) is 4.14. The van der Waals surface area contributed by atoms with Gasteiger partial charge in [0.1, 0.15) is 4.90 Å². The molecule has 1 N–H and O–H groups in total. The van der Waals surface area contributed by atoms with Gasteiger partial charge >= 0.3 is 0 Å². The average molecular weight is 282 g/mol. The van der Waals surface area contributed by atoms with Gasteiger partial charge in [-0.15, -0.1) is 0 Å². The van der Waals surface area contributed by atoms with Crippen molar-refractivity contribution in [3.8, 4) is 0 Å². The van der Waals surface area contributed by atoms with Crippen molar-refractivity contribution in [3.05, 3.63) is 24.3 Å². The molecule has 1 heterocycles. The van der Waals surface area contributed by atoms with Crippen LogP contribution in [-0.2, 0) is 10.0 Å². The van der Waals surface area contributed by atoms with Gasteiger partial charge in [-0.3, -0.25) is 0 Å². The highest BCUT2D eigenvalue weighted by Gasteiger charge is 2.27. The number of anilines is 1. The Morgan fingerprint density at radius 1 is 1.16 bits per heavy atom. The highest BCUT2D eigenvalue weighted by atomic mass is 32.2. The van der Waals surface area contributed by atoms with E-state index in [4.69, 9.17) is 0 Å². The summed E-state index contributed by atoms with van der Waals surface area (Å²) in [7, 11) is -3.35. The monoisotopic (exact) mass is 282 g/mol. The Kier molecular flexibility index (Phi) is 4.82.